The summed E-state index contributed by atoms with van der Waals surface area (Å²) in [4.78, 5) is 25.0. The zero-order chi connectivity index (χ0) is 28.2. The van der Waals surface area contributed by atoms with Crippen molar-refractivity contribution in [2.45, 2.75) is 38.5 Å². The second-order valence-corrected chi connectivity index (χ2v) is 9.34. The number of phenolic OH excluding ortho intramolecular Hbond substituents is 1. The number of rotatable bonds is 10. The Hall–Kier alpha value is -4.80. The number of aromatic nitrogens is 3. The molecule has 1 atom stereocenters. The number of aromatic hydroxyl groups is 1. The van der Waals surface area contributed by atoms with Crippen LogP contribution in [0.5, 0.6) is 17.2 Å². The summed E-state index contributed by atoms with van der Waals surface area (Å²) in [5.74, 6) is -2.07. The quantitative estimate of drug-likeness (QED) is 0.228. The molecule has 4 aromatic rings. The Balaban J connectivity index is 1.20. The number of ether oxygens (including phenoxy) is 3. The standard InChI is InChI=1S/C29H25F2N3O6/c1-38-21-6-2-17(3-7-21)4-8-22-10-18-11-23(13-26(35)28(18)29(37)40-22)39-16-20-14-34(33-32-20)15-27(36)24-9-5-19(30)12-25(24)31/h2-3,5-7,9,11-14,22,35H,4,8,10,15-16H2,1H3. The van der Waals surface area contributed by atoms with Crippen LogP contribution in [0.3, 0.4) is 0 Å². The largest absolute Gasteiger partial charge is 0.507 e. The first-order valence-corrected chi connectivity index (χ1v) is 12.5. The Morgan fingerprint density at radius 3 is 2.67 bits per heavy atom. The lowest BCUT2D eigenvalue weighted by Crippen LogP contribution is -2.28. The number of esters is 1. The summed E-state index contributed by atoms with van der Waals surface area (Å²) in [6, 6.07) is 13.4. The fraction of sp³-hybridized carbons (Fsp3) is 0.241. The van der Waals surface area contributed by atoms with Gasteiger partial charge in [-0.2, -0.15) is 0 Å². The number of hydrogen-bond acceptors (Lipinski definition) is 8. The highest BCUT2D eigenvalue weighted by molar-refractivity contribution is 5.96. The number of ketones is 1. The summed E-state index contributed by atoms with van der Waals surface area (Å²) < 4.78 is 44.7. The maximum absolute atomic E-state index is 13.9. The van der Waals surface area contributed by atoms with Crippen LogP contribution in [0.1, 0.15) is 44.0 Å². The number of methoxy groups -OCH3 is 1. The van der Waals surface area contributed by atoms with Gasteiger partial charge in [-0.05, 0) is 54.3 Å². The van der Waals surface area contributed by atoms with Crippen molar-refractivity contribution in [3.05, 3.63) is 100 Å². The molecule has 2 heterocycles. The van der Waals surface area contributed by atoms with E-state index in [1.54, 1.807) is 13.2 Å². The highest BCUT2D eigenvalue weighted by Gasteiger charge is 2.30. The lowest BCUT2D eigenvalue weighted by molar-refractivity contribution is 0.0234. The lowest BCUT2D eigenvalue weighted by Gasteiger charge is -2.25. The first kappa shape index (κ1) is 26.8. The van der Waals surface area contributed by atoms with Gasteiger partial charge in [-0.15, -0.1) is 5.10 Å². The van der Waals surface area contributed by atoms with Crippen molar-refractivity contribution in [1.29, 1.82) is 0 Å². The van der Waals surface area contributed by atoms with Gasteiger partial charge >= 0.3 is 5.97 Å². The molecule has 5 rings (SSSR count). The number of aryl methyl sites for hydroxylation is 1. The number of phenols is 1. The van der Waals surface area contributed by atoms with Crippen LogP contribution >= 0.6 is 0 Å². The Morgan fingerprint density at radius 1 is 1.12 bits per heavy atom. The summed E-state index contributed by atoms with van der Waals surface area (Å²) in [5.41, 5.74) is 1.94. The van der Waals surface area contributed by atoms with E-state index in [-0.39, 0.29) is 36.1 Å². The van der Waals surface area contributed by atoms with E-state index in [2.05, 4.69) is 10.3 Å². The van der Waals surface area contributed by atoms with E-state index >= 15 is 0 Å². The zero-order valence-electron chi connectivity index (χ0n) is 21.5. The van der Waals surface area contributed by atoms with Gasteiger partial charge in [0.1, 0.15) is 59.4 Å². The van der Waals surface area contributed by atoms with Crippen molar-refractivity contribution in [2.75, 3.05) is 7.11 Å². The molecule has 11 heteroatoms. The SMILES string of the molecule is COc1ccc(CCC2Cc3cc(OCc4cn(CC(=O)c5ccc(F)cc5F)nn4)cc(O)c3C(=O)O2)cc1. The molecule has 3 aromatic carbocycles. The number of hydrogen-bond donors (Lipinski definition) is 1. The number of carbonyl (C=O) groups is 2. The maximum atomic E-state index is 13.9. The van der Waals surface area contributed by atoms with Gasteiger partial charge < -0.3 is 19.3 Å². The first-order chi connectivity index (χ1) is 19.3. The molecular formula is C29H25F2N3O6. The van der Waals surface area contributed by atoms with E-state index in [9.17, 15) is 23.5 Å². The van der Waals surface area contributed by atoms with E-state index in [0.717, 1.165) is 23.4 Å². The summed E-state index contributed by atoms with van der Waals surface area (Å²) in [6.07, 6.45) is 2.82. The smallest absolute Gasteiger partial charge is 0.342 e. The molecule has 0 aliphatic carbocycles. The Bertz CT molecular complexity index is 1550. The van der Waals surface area contributed by atoms with Crippen molar-refractivity contribution >= 4 is 11.8 Å². The Morgan fingerprint density at radius 2 is 1.93 bits per heavy atom. The van der Waals surface area contributed by atoms with Gasteiger partial charge in [0, 0.05) is 18.6 Å². The molecule has 1 aliphatic heterocycles. The van der Waals surface area contributed by atoms with Crippen LogP contribution in [0.4, 0.5) is 8.78 Å². The fourth-order valence-corrected chi connectivity index (χ4v) is 4.50. The molecule has 1 aliphatic rings. The first-order valence-electron chi connectivity index (χ1n) is 12.5. The van der Waals surface area contributed by atoms with E-state index in [1.807, 2.05) is 24.3 Å². The maximum Gasteiger partial charge on any atom is 0.342 e. The molecule has 0 amide bonds. The van der Waals surface area contributed by atoms with Gasteiger partial charge in [-0.25, -0.2) is 18.3 Å². The monoisotopic (exact) mass is 549 g/mol. The fourth-order valence-electron chi connectivity index (χ4n) is 4.50. The molecule has 9 nitrogen and oxygen atoms in total. The van der Waals surface area contributed by atoms with Crippen molar-refractivity contribution < 1.29 is 37.7 Å². The molecule has 1 unspecified atom stereocenters. The number of cyclic esters (lactones) is 1. The molecule has 40 heavy (non-hydrogen) atoms. The molecule has 0 spiro atoms. The minimum Gasteiger partial charge on any atom is -0.507 e. The predicted molar refractivity (Wildman–Crippen MR) is 137 cm³/mol. The number of benzene rings is 3. The van der Waals surface area contributed by atoms with Gasteiger partial charge in [0.05, 0.1) is 18.9 Å². The number of halogens is 2. The molecule has 1 N–H and O–H groups in total. The highest BCUT2D eigenvalue weighted by atomic mass is 19.1. The van der Waals surface area contributed by atoms with Gasteiger partial charge in [0.2, 0.25) is 0 Å². The van der Waals surface area contributed by atoms with Crippen LogP contribution in [0.2, 0.25) is 0 Å². The lowest BCUT2D eigenvalue weighted by atomic mass is 9.94. The highest BCUT2D eigenvalue weighted by Crippen LogP contribution is 2.34. The van der Waals surface area contributed by atoms with Crippen LogP contribution in [0, 0.1) is 11.6 Å². The number of nitrogens with zero attached hydrogens (tertiary/aromatic N) is 3. The van der Waals surface area contributed by atoms with Crippen LogP contribution in [0.25, 0.3) is 0 Å². The van der Waals surface area contributed by atoms with Crippen LogP contribution < -0.4 is 9.47 Å². The van der Waals surface area contributed by atoms with Crippen LogP contribution in [-0.4, -0.2) is 45.1 Å². The molecule has 0 saturated heterocycles. The van der Waals surface area contributed by atoms with E-state index in [4.69, 9.17) is 14.2 Å². The molecular weight excluding hydrogens is 524 g/mol. The van der Waals surface area contributed by atoms with E-state index < -0.39 is 23.4 Å². The third kappa shape index (κ3) is 6.09. The van der Waals surface area contributed by atoms with E-state index in [1.165, 1.54) is 16.9 Å². The van der Waals surface area contributed by atoms with Gasteiger partial charge in [-0.1, -0.05) is 17.3 Å². The molecule has 0 fully saturated rings. The van der Waals surface area contributed by atoms with Gasteiger partial charge in [-0.3, -0.25) is 4.79 Å². The second kappa shape index (κ2) is 11.5. The third-order valence-corrected chi connectivity index (χ3v) is 6.52. The summed E-state index contributed by atoms with van der Waals surface area (Å²) in [7, 11) is 1.61. The topological polar surface area (TPSA) is 113 Å². The summed E-state index contributed by atoms with van der Waals surface area (Å²) in [6.45, 7) is -0.335. The average molecular weight is 550 g/mol. The van der Waals surface area contributed by atoms with Gasteiger partial charge in [0.15, 0.2) is 5.78 Å². The Kier molecular flexibility index (Phi) is 7.72. The number of Topliss-reactive ketones (excluding diaryl/α,β-unsaturated/α-hetero) is 1. The van der Waals surface area contributed by atoms with E-state index in [0.29, 0.717) is 42.3 Å². The summed E-state index contributed by atoms with van der Waals surface area (Å²) >= 11 is 0. The molecule has 0 radical (unpaired) electrons. The normalized spacial score (nSPS) is 14.4. The van der Waals surface area contributed by atoms with Gasteiger partial charge in [0.25, 0.3) is 0 Å². The minimum atomic E-state index is -0.951. The molecule has 0 saturated carbocycles. The van der Waals surface area contributed by atoms with Crippen LogP contribution in [-0.2, 0) is 30.7 Å². The van der Waals surface area contributed by atoms with Crippen molar-refractivity contribution in [2.24, 2.45) is 0 Å². The summed E-state index contributed by atoms with van der Waals surface area (Å²) in [5, 5.41) is 18.3. The second-order valence-electron chi connectivity index (χ2n) is 9.34. The minimum absolute atomic E-state index is 0.0390. The average Bonchev–Trinajstić information content (AvgIpc) is 3.37. The third-order valence-electron chi connectivity index (χ3n) is 6.52. The van der Waals surface area contributed by atoms with Crippen molar-refractivity contribution in [3.8, 4) is 17.2 Å². The Labute approximate surface area is 227 Å². The van der Waals surface area contributed by atoms with Crippen molar-refractivity contribution in [1.82, 2.24) is 15.0 Å². The van der Waals surface area contributed by atoms with Crippen molar-refractivity contribution in [3.63, 3.8) is 0 Å². The zero-order valence-corrected chi connectivity index (χ0v) is 21.5. The molecule has 0 bridgehead atoms. The number of fused-ring (bicyclic) bond motifs is 1. The predicted octanol–water partition coefficient (Wildman–Crippen LogP) is 4.45. The number of carbonyl (C=O) groups excluding carboxylic acids is 2. The molecule has 206 valence electrons. The van der Waals surface area contributed by atoms with Crippen LogP contribution in [0.15, 0.2) is 60.8 Å². The molecule has 1 aromatic heterocycles.